The lowest BCUT2D eigenvalue weighted by atomic mass is 9.68. The number of hydrogen-bond acceptors (Lipinski definition) is 5. The van der Waals surface area contributed by atoms with Crippen LogP contribution in [-0.4, -0.2) is 81.2 Å². The Morgan fingerprint density at radius 1 is 1.03 bits per heavy atom. The third-order valence-corrected chi connectivity index (χ3v) is 9.21. The number of aromatic nitrogens is 2. The molecule has 2 aromatic rings. The highest BCUT2D eigenvalue weighted by Crippen LogP contribution is 2.47. The molecule has 3 aliphatic heterocycles. The predicted octanol–water partition coefficient (Wildman–Crippen LogP) is 3.97. The van der Waals surface area contributed by atoms with Crippen LogP contribution in [0.3, 0.4) is 0 Å². The van der Waals surface area contributed by atoms with Crippen LogP contribution in [-0.2, 0) is 10.2 Å². The normalized spacial score (nSPS) is 24.1. The van der Waals surface area contributed by atoms with Gasteiger partial charge >= 0.3 is 0 Å². The molecule has 2 amide bonds. The minimum absolute atomic E-state index is 0.00743. The van der Waals surface area contributed by atoms with E-state index < -0.39 is 11.8 Å². The molecule has 2 unspecified atom stereocenters. The van der Waals surface area contributed by atoms with Crippen molar-refractivity contribution in [1.29, 1.82) is 0 Å². The zero-order valence-electron chi connectivity index (χ0n) is 22.7. The van der Waals surface area contributed by atoms with Crippen molar-refractivity contribution in [2.45, 2.75) is 57.4 Å². The fraction of sp³-hybridized carbons (Fsp3) is 0.533. The van der Waals surface area contributed by atoms with Crippen molar-refractivity contribution in [2.75, 3.05) is 32.7 Å². The topological polar surface area (TPSA) is 69.6 Å². The quantitative estimate of drug-likeness (QED) is 0.560. The molecule has 0 N–H and O–H groups in total. The van der Waals surface area contributed by atoms with Crippen LogP contribution in [0.5, 0.6) is 0 Å². The molecule has 6 rings (SSSR count). The average molecular weight is 536 g/mol. The molecule has 1 aromatic heterocycles. The number of benzene rings is 1. The monoisotopic (exact) mass is 535 g/mol. The fourth-order valence-electron chi connectivity index (χ4n) is 7.00. The molecule has 7 nitrogen and oxygen atoms in total. The molecule has 4 aliphatic rings. The zero-order chi connectivity index (χ0) is 27.5. The first-order valence-electron chi connectivity index (χ1n) is 13.8. The number of alkyl halides is 2. The first-order valence-corrected chi connectivity index (χ1v) is 13.8. The summed E-state index contributed by atoms with van der Waals surface area (Å²) in [6.07, 6.45) is 3.93. The predicted molar refractivity (Wildman–Crippen MR) is 142 cm³/mol. The van der Waals surface area contributed by atoms with E-state index in [0.717, 1.165) is 13.0 Å². The molecule has 9 heteroatoms. The average Bonchev–Trinajstić information content (AvgIpc) is 3.44. The molecule has 0 radical (unpaired) electrons. The van der Waals surface area contributed by atoms with E-state index in [1.165, 1.54) is 17.5 Å². The van der Waals surface area contributed by atoms with E-state index in [4.69, 9.17) is 0 Å². The maximum absolute atomic E-state index is 13.4. The van der Waals surface area contributed by atoms with Gasteiger partial charge in [0.2, 0.25) is 11.8 Å². The number of amides is 2. The Kier molecular flexibility index (Phi) is 6.23. The minimum Gasteiger partial charge on any atom is -0.374 e. The molecule has 2 atom stereocenters. The molecular formula is C30H35F2N5O2. The molecule has 4 heterocycles. The number of likely N-dealkylation sites (tertiary alicyclic amines) is 2. The van der Waals surface area contributed by atoms with Crippen LogP contribution in [0.25, 0.3) is 0 Å². The van der Waals surface area contributed by atoms with Gasteiger partial charge < -0.3 is 14.7 Å². The van der Waals surface area contributed by atoms with Gasteiger partial charge in [0, 0.05) is 75.1 Å². The van der Waals surface area contributed by atoms with Gasteiger partial charge in [-0.15, -0.1) is 0 Å². The second kappa shape index (κ2) is 9.38. The molecule has 1 saturated carbocycles. The summed E-state index contributed by atoms with van der Waals surface area (Å²) in [5.41, 5.74) is 4.29. The van der Waals surface area contributed by atoms with E-state index in [2.05, 4.69) is 40.1 Å². The summed E-state index contributed by atoms with van der Waals surface area (Å²) in [5.74, 6) is -3.07. The van der Waals surface area contributed by atoms with Crippen molar-refractivity contribution in [3.8, 4) is 0 Å². The SMILES string of the molecule is Cc1ncnc(C)c1C(=O)N1CC2=CN(C(C)CC3(c4ccccc4)CN(C(=O)C4CC(F)(F)C4)C3)CC2C1. The fourth-order valence-corrected chi connectivity index (χ4v) is 7.00. The van der Waals surface area contributed by atoms with E-state index in [1.807, 2.05) is 36.9 Å². The molecule has 3 fully saturated rings. The van der Waals surface area contributed by atoms with Gasteiger partial charge in [-0.1, -0.05) is 30.3 Å². The number of aryl methyl sites for hydroxylation is 2. The standard InChI is InChI=1S/C30H35F2N5O2/c1-19(35-12-23-14-36(15-24(23)13-35)28(39)26-20(2)33-18-34-21(26)3)9-29(25-7-5-4-6-8-25)16-37(17-29)27(38)22-10-30(31,32)11-22/h4-8,12,18-19,22,24H,9-11,13-17H2,1-3H3. The lowest BCUT2D eigenvalue weighted by Gasteiger charge is -2.54. The Balaban J connectivity index is 1.12. The summed E-state index contributed by atoms with van der Waals surface area (Å²) in [4.78, 5) is 40.6. The largest absolute Gasteiger partial charge is 0.374 e. The van der Waals surface area contributed by atoms with Crippen molar-refractivity contribution in [3.63, 3.8) is 0 Å². The summed E-state index contributed by atoms with van der Waals surface area (Å²) < 4.78 is 26.7. The smallest absolute Gasteiger partial charge is 0.257 e. The number of rotatable bonds is 6. The molecule has 0 spiro atoms. The highest BCUT2D eigenvalue weighted by atomic mass is 19.3. The van der Waals surface area contributed by atoms with Crippen LogP contribution in [0.15, 0.2) is 48.4 Å². The number of carbonyl (C=O) groups is 2. The highest BCUT2D eigenvalue weighted by molar-refractivity contribution is 5.96. The van der Waals surface area contributed by atoms with Gasteiger partial charge in [-0.05, 0) is 38.3 Å². The molecule has 2 saturated heterocycles. The van der Waals surface area contributed by atoms with Gasteiger partial charge in [0.1, 0.15) is 6.33 Å². The second-order valence-electron chi connectivity index (χ2n) is 12.1. The van der Waals surface area contributed by atoms with E-state index >= 15 is 0 Å². The Hall–Kier alpha value is -3.36. The van der Waals surface area contributed by atoms with Gasteiger partial charge in [0.15, 0.2) is 0 Å². The first-order chi connectivity index (χ1) is 18.6. The number of hydrogen-bond donors (Lipinski definition) is 0. The summed E-state index contributed by atoms with van der Waals surface area (Å²) in [7, 11) is 0. The summed E-state index contributed by atoms with van der Waals surface area (Å²) >= 11 is 0. The molecule has 39 heavy (non-hydrogen) atoms. The number of nitrogens with zero attached hydrogens (tertiary/aromatic N) is 5. The van der Waals surface area contributed by atoms with E-state index in [0.29, 0.717) is 49.0 Å². The highest BCUT2D eigenvalue weighted by Gasteiger charge is 2.54. The third-order valence-electron chi connectivity index (χ3n) is 9.21. The minimum atomic E-state index is -2.69. The van der Waals surface area contributed by atoms with Crippen LogP contribution >= 0.6 is 0 Å². The first kappa shape index (κ1) is 25.9. The third kappa shape index (κ3) is 4.59. The number of halogens is 2. The van der Waals surface area contributed by atoms with E-state index in [1.54, 1.807) is 4.90 Å². The van der Waals surface area contributed by atoms with Crippen molar-refractivity contribution in [2.24, 2.45) is 11.8 Å². The van der Waals surface area contributed by atoms with Gasteiger partial charge in [0.05, 0.1) is 17.0 Å². The Labute approximate surface area is 227 Å². The van der Waals surface area contributed by atoms with Crippen LogP contribution in [0.1, 0.15) is 53.5 Å². The van der Waals surface area contributed by atoms with E-state index in [9.17, 15) is 18.4 Å². The van der Waals surface area contributed by atoms with Crippen molar-refractivity contribution >= 4 is 11.8 Å². The second-order valence-corrected chi connectivity index (χ2v) is 12.1. The van der Waals surface area contributed by atoms with Crippen LogP contribution in [0.4, 0.5) is 8.78 Å². The number of carbonyl (C=O) groups excluding carboxylic acids is 2. The van der Waals surface area contributed by atoms with Crippen molar-refractivity contribution in [3.05, 3.63) is 70.9 Å². The summed E-state index contributed by atoms with van der Waals surface area (Å²) in [5, 5.41) is 0. The van der Waals surface area contributed by atoms with Crippen molar-refractivity contribution < 1.29 is 18.4 Å². The molecule has 0 bridgehead atoms. The van der Waals surface area contributed by atoms with Gasteiger partial charge in [-0.2, -0.15) is 0 Å². The van der Waals surface area contributed by atoms with Crippen molar-refractivity contribution in [1.82, 2.24) is 24.7 Å². The molecule has 1 aromatic carbocycles. The van der Waals surface area contributed by atoms with Gasteiger partial charge in [-0.3, -0.25) is 9.59 Å². The maximum atomic E-state index is 13.4. The number of fused-ring (bicyclic) bond motifs is 1. The summed E-state index contributed by atoms with van der Waals surface area (Å²) in [6.45, 7) is 9.19. The van der Waals surface area contributed by atoms with Crippen LogP contribution in [0, 0.1) is 25.7 Å². The zero-order valence-corrected chi connectivity index (χ0v) is 22.7. The Bertz CT molecular complexity index is 1300. The van der Waals surface area contributed by atoms with Crippen LogP contribution < -0.4 is 0 Å². The summed E-state index contributed by atoms with van der Waals surface area (Å²) in [6, 6.07) is 10.5. The molecule has 206 valence electrons. The maximum Gasteiger partial charge on any atom is 0.257 e. The van der Waals surface area contributed by atoms with Gasteiger partial charge in [0.25, 0.3) is 5.91 Å². The lowest BCUT2D eigenvalue weighted by molar-refractivity contribution is -0.167. The lowest BCUT2D eigenvalue weighted by Crippen LogP contribution is -2.64. The molecular weight excluding hydrogens is 500 g/mol. The van der Waals surface area contributed by atoms with Gasteiger partial charge in [-0.25, -0.2) is 18.7 Å². The molecule has 1 aliphatic carbocycles. The Morgan fingerprint density at radius 2 is 1.69 bits per heavy atom. The van der Waals surface area contributed by atoms with E-state index in [-0.39, 0.29) is 36.1 Å². The van der Waals surface area contributed by atoms with Crippen LogP contribution in [0.2, 0.25) is 0 Å². The Morgan fingerprint density at radius 3 is 2.31 bits per heavy atom.